The van der Waals surface area contributed by atoms with Gasteiger partial charge in [0.2, 0.25) is 5.91 Å². The van der Waals surface area contributed by atoms with Gasteiger partial charge in [-0.3, -0.25) is 4.79 Å². The van der Waals surface area contributed by atoms with Gasteiger partial charge in [0.1, 0.15) is 0 Å². The Kier molecular flexibility index (Phi) is 39.8. The first kappa shape index (κ1) is 47.1. The summed E-state index contributed by atoms with van der Waals surface area (Å²) in [5.74, 6) is -0.0596. The number of carbonyl (C=O) groups excluding carboxylic acids is 1. The van der Waals surface area contributed by atoms with Crippen LogP contribution in [0.5, 0.6) is 0 Å². The largest absolute Gasteiger partial charge is 0.394 e. The van der Waals surface area contributed by atoms with Crippen LogP contribution in [0.4, 0.5) is 0 Å². The second-order valence-corrected chi connectivity index (χ2v) is 15.1. The Morgan fingerprint density at radius 3 is 1.08 bits per heavy atom. The lowest BCUT2D eigenvalue weighted by molar-refractivity contribution is -0.123. The summed E-state index contributed by atoms with van der Waals surface area (Å²) in [6.07, 6.45) is 50.3. The van der Waals surface area contributed by atoms with Crippen LogP contribution in [0.1, 0.15) is 245 Å². The summed E-state index contributed by atoms with van der Waals surface area (Å²) >= 11 is 0. The topological polar surface area (TPSA) is 69.6 Å². The molecule has 4 heteroatoms. The summed E-state index contributed by atoms with van der Waals surface area (Å²) in [7, 11) is 0. The molecule has 0 spiro atoms. The first-order valence-electron chi connectivity index (χ1n) is 21.9. The second-order valence-electron chi connectivity index (χ2n) is 15.1. The molecule has 0 fully saturated rings. The molecule has 0 aromatic heterocycles. The van der Waals surface area contributed by atoms with Crippen LogP contribution < -0.4 is 5.32 Å². The highest BCUT2D eigenvalue weighted by molar-refractivity contribution is 5.76. The van der Waals surface area contributed by atoms with E-state index >= 15 is 0 Å². The lowest BCUT2D eigenvalue weighted by atomic mass is 10.0. The number of aliphatic hydroxyl groups excluding tert-OH is 2. The molecule has 0 radical (unpaired) electrons. The third-order valence-electron chi connectivity index (χ3n) is 10.3. The zero-order valence-corrected chi connectivity index (χ0v) is 32.8. The van der Waals surface area contributed by atoms with Crippen molar-refractivity contribution in [2.24, 2.45) is 0 Å². The minimum absolute atomic E-state index is 0.0596. The maximum atomic E-state index is 12.4. The van der Waals surface area contributed by atoms with E-state index in [2.05, 4.69) is 19.2 Å². The van der Waals surface area contributed by atoms with Gasteiger partial charge < -0.3 is 15.5 Å². The fourth-order valence-corrected chi connectivity index (χ4v) is 6.89. The normalized spacial score (nSPS) is 13.0. The third kappa shape index (κ3) is 36.4. The maximum Gasteiger partial charge on any atom is 0.220 e. The Bertz CT molecular complexity index is 651. The quantitative estimate of drug-likeness (QED) is 0.0446. The van der Waals surface area contributed by atoms with Crippen molar-refractivity contribution in [3.63, 3.8) is 0 Å². The predicted octanol–water partition coefficient (Wildman–Crippen LogP) is 13.5. The lowest BCUT2D eigenvalue weighted by Gasteiger charge is -2.20. The van der Waals surface area contributed by atoms with Crippen LogP contribution in [0, 0.1) is 0 Å². The van der Waals surface area contributed by atoms with E-state index in [1.807, 2.05) is 6.08 Å². The number of allylic oxidation sites excluding steroid dienone is 1. The number of carbonyl (C=O) groups is 1. The van der Waals surface area contributed by atoms with Crippen LogP contribution in [0.25, 0.3) is 0 Å². The highest BCUT2D eigenvalue weighted by Crippen LogP contribution is 2.16. The summed E-state index contributed by atoms with van der Waals surface area (Å²) in [6, 6.07) is -0.616. The highest BCUT2D eigenvalue weighted by Gasteiger charge is 2.17. The van der Waals surface area contributed by atoms with Gasteiger partial charge in [0.05, 0.1) is 18.8 Å². The van der Waals surface area contributed by atoms with E-state index in [1.54, 1.807) is 6.08 Å². The zero-order chi connectivity index (χ0) is 35.0. The van der Waals surface area contributed by atoms with Crippen molar-refractivity contribution in [1.82, 2.24) is 5.32 Å². The molecular weight excluding hydrogens is 590 g/mol. The average Bonchev–Trinajstić information content (AvgIpc) is 3.09. The SMILES string of the molecule is CCCCCCCCCCCCCCCCCCC/C=C/C(O)C(CO)NC(=O)CCCCCCCCCCCCCCCCCCC. The number of nitrogens with one attached hydrogen (secondary N) is 1. The minimum atomic E-state index is -0.833. The first-order chi connectivity index (χ1) is 23.7. The molecule has 0 aliphatic carbocycles. The van der Waals surface area contributed by atoms with Crippen molar-refractivity contribution >= 4 is 5.91 Å². The summed E-state index contributed by atoms with van der Waals surface area (Å²) in [5.41, 5.74) is 0. The van der Waals surface area contributed by atoms with E-state index in [-0.39, 0.29) is 12.5 Å². The number of hydrogen-bond donors (Lipinski definition) is 3. The van der Waals surface area contributed by atoms with Crippen LogP contribution in [0.2, 0.25) is 0 Å². The van der Waals surface area contributed by atoms with Crippen LogP contribution in [-0.2, 0) is 4.79 Å². The van der Waals surface area contributed by atoms with E-state index in [0.29, 0.717) is 6.42 Å². The van der Waals surface area contributed by atoms with Crippen molar-refractivity contribution in [1.29, 1.82) is 0 Å². The maximum absolute atomic E-state index is 12.4. The van der Waals surface area contributed by atoms with Gasteiger partial charge in [-0.05, 0) is 19.3 Å². The van der Waals surface area contributed by atoms with Gasteiger partial charge >= 0.3 is 0 Å². The minimum Gasteiger partial charge on any atom is -0.394 e. The van der Waals surface area contributed by atoms with Gasteiger partial charge in [-0.2, -0.15) is 0 Å². The fourth-order valence-electron chi connectivity index (χ4n) is 6.89. The molecule has 48 heavy (non-hydrogen) atoms. The molecule has 2 unspecified atom stereocenters. The molecule has 0 aromatic rings. The van der Waals surface area contributed by atoms with Crippen LogP contribution in [0.3, 0.4) is 0 Å². The molecule has 0 aliphatic heterocycles. The van der Waals surface area contributed by atoms with Gasteiger partial charge in [0, 0.05) is 6.42 Å². The van der Waals surface area contributed by atoms with Crippen molar-refractivity contribution in [2.45, 2.75) is 257 Å². The van der Waals surface area contributed by atoms with Crippen LogP contribution in [-0.4, -0.2) is 34.9 Å². The Morgan fingerprint density at radius 1 is 0.479 bits per heavy atom. The van der Waals surface area contributed by atoms with Gasteiger partial charge in [-0.15, -0.1) is 0 Å². The number of aliphatic hydroxyl groups is 2. The smallest absolute Gasteiger partial charge is 0.220 e. The Balaban J connectivity index is 3.53. The zero-order valence-electron chi connectivity index (χ0n) is 32.8. The lowest BCUT2D eigenvalue weighted by Crippen LogP contribution is -2.45. The van der Waals surface area contributed by atoms with Crippen molar-refractivity contribution in [3.8, 4) is 0 Å². The highest BCUT2D eigenvalue weighted by atomic mass is 16.3. The number of amides is 1. The molecule has 4 nitrogen and oxygen atoms in total. The molecule has 0 saturated carbocycles. The number of rotatable bonds is 40. The molecule has 0 aromatic carbocycles. The molecule has 0 rings (SSSR count). The van der Waals surface area contributed by atoms with Crippen molar-refractivity contribution in [3.05, 3.63) is 12.2 Å². The number of unbranched alkanes of at least 4 members (excludes halogenated alkanes) is 33. The molecule has 2 atom stereocenters. The predicted molar refractivity (Wildman–Crippen MR) is 212 cm³/mol. The monoisotopic (exact) mass is 678 g/mol. The van der Waals surface area contributed by atoms with Gasteiger partial charge in [-0.25, -0.2) is 0 Å². The van der Waals surface area contributed by atoms with Gasteiger partial charge in [0.15, 0.2) is 0 Å². The van der Waals surface area contributed by atoms with Gasteiger partial charge in [0.25, 0.3) is 0 Å². The van der Waals surface area contributed by atoms with E-state index in [4.69, 9.17) is 0 Å². The molecular formula is C44H87NO3. The molecule has 0 heterocycles. The van der Waals surface area contributed by atoms with Crippen molar-refractivity contribution in [2.75, 3.05) is 6.61 Å². The van der Waals surface area contributed by atoms with E-state index in [0.717, 1.165) is 25.7 Å². The molecule has 1 amide bonds. The van der Waals surface area contributed by atoms with Gasteiger partial charge in [-0.1, -0.05) is 231 Å². The third-order valence-corrected chi connectivity index (χ3v) is 10.3. The number of hydrogen-bond acceptors (Lipinski definition) is 3. The molecule has 0 bridgehead atoms. The van der Waals surface area contributed by atoms with E-state index in [9.17, 15) is 15.0 Å². The van der Waals surface area contributed by atoms with Crippen molar-refractivity contribution < 1.29 is 15.0 Å². The molecule has 0 saturated heterocycles. The van der Waals surface area contributed by atoms with E-state index in [1.165, 1.54) is 199 Å². The molecule has 0 aliphatic rings. The Hall–Kier alpha value is -0.870. The standard InChI is InChI=1S/C44H87NO3/c1-3-5-7-9-11-13-15-17-19-21-22-24-25-27-29-31-33-35-37-39-43(47)42(41-46)45-44(48)40-38-36-34-32-30-28-26-23-20-18-16-14-12-10-8-6-4-2/h37,39,42-43,46-47H,3-36,38,40-41H2,1-2H3,(H,45,48)/b39-37+. The van der Waals surface area contributed by atoms with Crippen LogP contribution in [0.15, 0.2) is 12.2 Å². The summed E-state index contributed by atoms with van der Waals surface area (Å²) in [4.78, 5) is 12.4. The summed E-state index contributed by atoms with van der Waals surface area (Å²) < 4.78 is 0. The van der Waals surface area contributed by atoms with E-state index < -0.39 is 12.1 Å². The molecule has 3 N–H and O–H groups in total. The Morgan fingerprint density at radius 2 is 0.771 bits per heavy atom. The van der Waals surface area contributed by atoms with Crippen LogP contribution >= 0.6 is 0 Å². The Labute approximate surface area is 301 Å². The first-order valence-corrected chi connectivity index (χ1v) is 21.9. The fraction of sp³-hybridized carbons (Fsp3) is 0.932. The molecule has 286 valence electrons. The second kappa shape index (κ2) is 40.6. The summed E-state index contributed by atoms with van der Waals surface area (Å²) in [6.45, 7) is 4.33. The average molecular weight is 678 g/mol. The summed E-state index contributed by atoms with van der Waals surface area (Å²) in [5, 5.41) is 23.0.